The smallest absolute Gasteiger partial charge is 0.0916 e. The highest BCUT2D eigenvalue weighted by Gasteiger charge is 2.21. The Balaban J connectivity index is 1.83. The van der Waals surface area contributed by atoms with Crippen LogP contribution in [0.25, 0.3) is 0 Å². The molecule has 0 amide bonds. The predicted molar refractivity (Wildman–Crippen MR) is 88.6 cm³/mol. The first-order valence-electron chi connectivity index (χ1n) is 8.10. The Hall–Kier alpha value is -0.900. The molecule has 118 valence electrons. The van der Waals surface area contributed by atoms with Crippen molar-refractivity contribution in [3.63, 3.8) is 0 Å². The molecule has 1 aromatic carbocycles. The van der Waals surface area contributed by atoms with Crippen molar-refractivity contribution >= 4 is 0 Å². The Bertz CT molecular complexity index is 429. The summed E-state index contributed by atoms with van der Waals surface area (Å²) >= 11 is 0. The number of aliphatic hydroxyl groups is 1. The maximum absolute atomic E-state index is 10.4. The van der Waals surface area contributed by atoms with Gasteiger partial charge in [-0.25, -0.2) is 0 Å². The fraction of sp³-hybridized carbons (Fsp3) is 0.667. The van der Waals surface area contributed by atoms with Crippen LogP contribution in [0.3, 0.4) is 0 Å². The van der Waals surface area contributed by atoms with Crippen LogP contribution in [0.5, 0.6) is 0 Å². The van der Waals surface area contributed by atoms with Gasteiger partial charge in [0.05, 0.1) is 6.10 Å². The standard InChI is InChI=1S/C18H30N2O/c1-14(2)16-5-7-17(8-6-16)18(21)13-20(4)12-15-9-10-19(3)11-15/h5-8,14-15,18,21H,9-13H2,1-4H3. The van der Waals surface area contributed by atoms with E-state index in [9.17, 15) is 5.11 Å². The Morgan fingerprint density at radius 2 is 1.86 bits per heavy atom. The van der Waals surface area contributed by atoms with Gasteiger partial charge in [0.1, 0.15) is 0 Å². The molecule has 0 aromatic heterocycles. The van der Waals surface area contributed by atoms with Crippen LogP contribution in [0.4, 0.5) is 0 Å². The largest absolute Gasteiger partial charge is 0.387 e. The topological polar surface area (TPSA) is 26.7 Å². The maximum atomic E-state index is 10.4. The second kappa shape index (κ2) is 7.39. The molecular weight excluding hydrogens is 260 g/mol. The van der Waals surface area contributed by atoms with Gasteiger partial charge in [0.2, 0.25) is 0 Å². The summed E-state index contributed by atoms with van der Waals surface area (Å²) in [6.07, 6.45) is 0.885. The van der Waals surface area contributed by atoms with Crippen LogP contribution in [-0.2, 0) is 0 Å². The number of rotatable bonds is 6. The van der Waals surface area contributed by atoms with E-state index in [4.69, 9.17) is 0 Å². The molecule has 1 N–H and O–H groups in total. The van der Waals surface area contributed by atoms with Crippen LogP contribution >= 0.6 is 0 Å². The number of hydrogen-bond acceptors (Lipinski definition) is 3. The van der Waals surface area contributed by atoms with Gasteiger partial charge in [-0.1, -0.05) is 38.1 Å². The SMILES string of the molecule is CC(C)c1ccc(C(O)CN(C)CC2CCN(C)C2)cc1. The van der Waals surface area contributed by atoms with Gasteiger partial charge in [0.15, 0.2) is 0 Å². The minimum atomic E-state index is -0.393. The van der Waals surface area contributed by atoms with Crippen molar-refractivity contribution in [3.05, 3.63) is 35.4 Å². The van der Waals surface area contributed by atoms with E-state index in [0.717, 1.165) is 18.0 Å². The highest BCUT2D eigenvalue weighted by atomic mass is 16.3. The minimum Gasteiger partial charge on any atom is -0.387 e. The summed E-state index contributed by atoms with van der Waals surface area (Å²) in [6.45, 7) is 8.56. The summed E-state index contributed by atoms with van der Waals surface area (Å²) in [6, 6.07) is 8.40. The molecule has 1 fully saturated rings. The van der Waals surface area contributed by atoms with Crippen LogP contribution in [0.1, 0.15) is 43.4 Å². The average molecular weight is 290 g/mol. The van der Waals surface area contributed by atoms with Crippen molar-refractivity contribution in [2.45, 2.75) is 32.3 Å². The average Bonchev–Trinajstić information content (AvgIpc) is 2.83. The van der Waals surface area contributed by atoms with Gasteiger partial charge >= 0.3 is 0 Å². The van der Waals surface area contributed by atoms with Crippen LogP contribution in [0.15, 0.2) is 24.3 Å². The quantitative estimate of drug-likeness (QED) is 0.872. The van der Waals surface area contributed by atoms with Crippen LogP contribution in [-0.4, -0.2) is 55.2 Å². The highest BCUT2D eigenvalue weighted by Crippen LogP contribution is 2.20. The molecule has 3 heteroatoms. The molecule has 0 saturated carbocycles. The first-order valence-corrected chi connectivity index (χ1v) is 8.10. The van der Waals surface area contributed by atoms with E-state index < -0.39 is 6.10 Å². The molecule has 0 spiro atoms. The van der Waals surface area contributed by atoms with Gasteiger partial charge < -0.3 is 14.9 Å². The molecule has 0 aliphatic carbocycles. The molecule has 2 rings (SSSR count). The lowest BCUT2D eigenvalue weighted by molar-refractivity contribution is 0.119. The molecular formula is C18H30N2O. The van der Waals surface area contributed by atoms with E-state index in [0.29, 0.717) is 12.5 Å². The third kappa shape index (κ3) is 4.80. The van der Waals surface area contributed by atoms with Crippen molar-refractivity contribution in [2.75, 3.05) is 40.3 Å². The Kier molecular flexibility index (Phi) is 5.80. The normalized spacial score (nSPS) is 21.4. The Labute approximate surface area is 129 Å². The zero-order chi connectivity index (χ0) is 15.4. The molecule has 2 atom stereocenters. The van der Waals surface area contributed by atoms with Gasteiger partial charge in [-0.2, -0.15) is 0 Å². The number of likely N-dealkylation sites (tertiary alicyclic amines) is 1. The number of nitrogens with zero attached hydrogens (tertiary/aromatic N) is 2. The lowest BCUT2D eigenvalue weighted by Gasteiger charge is -2.24. The fourth-order valence-corrected chi connectivity index (χ4v) is 3.19. The monoisotopic (exact) mass is 290 g/mol. The van der Waals surface area contributed by atoms with E-state index in [1.165, 1.54) is 25.1 Å². The molecule has 1 heterocycles. The van der Waals surface area contributed by atoms with E-state index in [-0.39, 0.29) is 0 Å². The van der Waals surface area contributed by atoms with Gasteiger partial charge in [-0.05, 0) is 50.0 Å². The lowest BCUT2D eigenvalue weighted by Crippen LogP contribution is -2.31. The van der Waals surface area contributed by atoms with Crippen molar-refractivity contribution in [3.8, 4) is 0 Å². The first-order chi connectivity index (χ1) is 9.95. The van der Waals surface area contributed by atoms with E-state index in [1.807, 2.05) is 0 Å². The summed E-state index contributed by atoms with van der Waals surface area (Å²) in [5.41, 5.74) is 2.35. The highest BCUT2D eigenvalue weighted by molar-refractivity contribution is 5.26. The van der Waals surface area contributed by atoms with E-state index in [1.54, 1.807) is 0 Å². The van der Waals surface area contributed by atoms with Crippen molar-refractivity contribution in [1.29, 1.82) is 0 Å². The molecule has 2 unspecified atom stereocenters. The Morgan fingerprint density at radius 1 is 1.24 bits per heavy atom. The summed E-state index contributed by atoms with van der Waals surface area (Å²) < 4.78 is 0. The van der Waals surface area contributed by atoms with Gasteiger partial charge in [-0.15, -0.1) is 0 Å². The van der Waals surface area contributed by atoms with Crippen molar-refractivity contribution < 1.29 is 5.11 Å². The molecule has 21 heavy (non-hydrogen) atoms. The molecule has 0 radical (unpaired) electrons. The van der Waals surface area contributed by atoms with Crippen LogP contribution < -0.4 is 0 Å². The lowest BCUT2D eigenvalue weighted by atomic mass is 10.00. The van der Waals surface area contributed by atoms with Gasteiger partial charge in [0.25, 0.3) is 0 Å². The number of likely N-dealkylation sites (N-methyl/N-ethyl adjacent to an activating group) is 1. The third-order valence-electron chi connectivity index (χ3n) is 4.53. The van der Waals surface area contributed by atoms with Gasteiger partial charge in [0, 0.05) is 19.6 Å². The van der Waals surface area contributed by atoms with Crippen molar-refractivity contribution in [1.82, 2.24) is 9.80 Å². The molecule has 1 saturated heterocycles. The van der Waals surface area contributed by atoms with E-state index in [2.05, 4.69) is 62.0 Å². The summed E-state index contributed by atoms with van der Waals surface area (Å²) in [4.78, 5) is 4.66. The number of benzene rings is 1. The zero-order valence-electron chi connectivity index (χ0n) is 13.9. The first kappa shape index (κ1) is 16.5. The van der Waals surface area contributed by atoms with Crippen LogP contribution in [0.2, 0.25) is 0 Å². The number of aliphatic hydroxyl groups excluding tert-OH is 1. The van der Waals surface area contributed by atoms with Crippen molar-refractivity contribution in [2.24, 2.45) is 5.92 Å². The number of hydrogen-bond donors (Lipinski definition) is 1. The minimum absolute atomic E-state index is 0.393. The zero-order valence-corrected chi connectivity index (χ0v) is 13.9. The summed E-state index contributed by atoms with van der Waals surface area (Å²) in [5.74, 6) is 1.29. The maximum Gasteiger partial charge on any atom is 0.0916 e. The van der Waals surface area contributed by atoms with Gasteiger partial charge in [-0.3, -0.25) is 0 Å². The summed E-state index contributed by atoms with van der Waals surface area (Å²) in [5, 5.41) is 10.4. The molecule has 1 aliphatic heterocycles. The molecule has 1 aromatic rings. The van der Waals surface area contributed by atoms with E-state index >= 15 is 0 Å². The Morgan fingerprint density at radius 3 is 2.38 bits per heavy atom. The third-order valence-corrected chi connectivity index (χ3v) is 4.53. The summed E-state index contributed by atoms with van der Waals surface area (Å²) in [7, 11) is 4.30. The fourth-order valence-electron chi connectivity index (χ4n) is 3.19. The second-order valence-electron chi connectivity index (χ2n) is 6.98. The second-order valence-corrected chi connectivity index (χ2v) is 6.98. The predicted octanol–water partition coefficient (Wildman–Crippen LogP) is 2.73. The molecule has 0 bridgehead atoms. The van der Waals surface area contributed by atoms with Crippen LogP contribution in [0, 0.1) is 5.92 Å². The molecule has 1 aliphatic rings. The molecule has 3 nitrogen and oxygen atoms in total.